The maximum Gasteiger partial charge on any atom is 0.162 e. The molecule has 0 radical (unpaired) electrons. The third kappa shape index (κ3) is 4.41. The maximum atomic E-state index is 11.8. The van der Waals surface area contributed by atoms with E-state index >= 15 is 0 Å². The molecule has 0 aliphatic carbocycles. The zero-order valence-corrected chi connectivity index (χ0v) is 11.1. The highest BCUT2D eigenvalue weighted by atomic mass is 35.5. The molecule has 1 aliphatic rings. The van der Waals surface area contributed by atoms with Crippen LogP contribution in [0.25, 0.3) is 0 Å². The molecule has 1 aromatic carbocycles. The molecule has 1 aliphatic heterocycles. The van der Waals surface area contributed by atoms with Crippen molar-refractivity contribution in [1.82, 2.24) is 5.32 Å². The van der Waals surface area contributed by atoms with Gasteiger partial charge in [-0.1, -0.05) is 23.7 Å². The lowest BCUT2D eigenvalue weighted by Crippen LogP contribution is -2.33. The third-order valence-corrected chi connectivity index (χ3v) is 3.29. The maximum absolute atomic E-state index is 11.8. The number of rotatable bonds is 5. The molecule has 1 aromatic rings. The highest BCUT2D eigenvalue weighted by molar-refractivity contribution is 6.30. The molecule has 0 atom stereocenters. The highest BCUT2D eigenvalue weighted by Crippen LogP contribution is 2.12. The van der Waals surface area contributed by atoms with Crippen LogP contribution in [0.2, 0.25) is 5.02 Å². The Morgan fingerprint density at radius 1 is 1.39 bits per heavy atom. The molecule has 0 aromatic heterocycles. The average molecular weight is 268 g/mol. The van der Waals surface area contributed by atoms with Gasteiger partial charge in [0.2, 0.25) is 0 Å². The first kappa shape index (κ1) is 13.5. The molecule has 1 fully saturated rings. The van der Waals surface area contributed by atoms with Gasteiger partial charge in [-0.15, -0.1) is 0 Å². The second-order valence-corrected chi connectivity index (χ2v) is 5.04. The van der Waals surface area contributed by atoms with Crippen LogP contribution >= 0.6 is 11.6 Å². The van der Waals surface area contributed by atoms with Crippen LogP contribution in [0, 0.1) is 0 Å². The predicted octanol–water partition coefficient (Wildman–Crippen LogP) is 2.22. The van der Waals surface area contributed by atoms with Crippen molar-refractivity contribution in [2.75, 3.05) is 19.7 Å². The van der Waals surface area contributed by atoms with Crippen LogP contribution in [0.15, 0.2) is 24.3 Å². The van der Waals surface area contributed by atoms with Crippen LogP contribution in [0.5, 0.6) is 0 Å². The molecule has 0 unspecified atom stereocenters. The molecular formula is C14H18ClNO2. The fourth-order valence-corrected chi connectivity index (χ4v) is 2.31. The average Bonchev–Trinajstić information content (AvgIpc) is 2.38. The first-order valence-corrected chi connectivity index (χ1v) is 6.70. The van der Waals surface area contributed by atoms with E-state index in [-0.39, 0.29) is 18.5 Å². The lowest BCUT2D eigenvalue weighted by Gasteiger charge is -2.22. The minimum Gasteiger partial charge on any atom is -0.370 e. The van der Waals surface area contributed by atoms with Gasteiger partial charge in [0.15, 0.2) is 5.78 Å². The molecule has 3 nitrogen and oxygen atoms in total. The lowest BCUT2D eigenvalue weighted by molar-refractivity contribution is -0.125. The van der Waals surface area contributed by atoms with E-state index in [1.165, 1.54) is 0 Å². The Morgan fingerprint density at radius 2 is 2.17 bits per heavy atom. The van der Waals surface area contributed by atoms with E-state index in [1.54, 1.807) is 6.07 Å². The third-order valence-electron chi connectivity index (χ3n) is 3.06. The van der Waals surface area contributed by atoms with Gasteiger partial charge in [0.25, 0.3) is 0 Å². The summed E-state index contributed by atoms with van der Waals surface area (Å²) in [5.74, 6) is 0.107. The monoisotopic (exact) mass is 267 g/mol. The second kappa shape index (κ2) is 6.88. The fraction of sp³-hybridized carbons (Fsp3) is 0.500. The Hall–Kier alpha value is -0.900. The summed E-state index contributed by atoms with van der Waals surface area (Å²) in [4.78, 5) is 11.8. The Bertz CT molecular complexity index is 403. The molecule has 0 amide bonds. The quantitative estimate of drug-likeness (QED) is 0.889. The molecule has 2 rings (SSSR count). The Balaban J connectivity index is 1.74. The van der Waals surface area contributed by atoms with Crippen molar-refractivity contribution in [3.8, 4) is 0 Å². The van der Waals surface area contributed by atoms with Gasteiger partial charge in [-0.3, -0.25) is 4.79 Å². The molecule has 1 N–H and O–H groups in total. The van der Waals surface area contributed by atoms with Gasteiger partial charge in [-0.25, -0.2) is 0 Å². The van der Waals surface area contributed by atoms with Gasteiger partial charge >= 0.3 is 0 Å². The zero-order chi connectivity index (χ0) is 12.8. The largest absolute Gasteiger partial charge is 0.370 e. The summed E-state index contributed by atoms with van der Waals surface area (Å²) in [5, 5.41) is 3.94. The Labute approximate surface area is 112 Å². The summed E-state index contributed by atoms with van der Waals surface area (Å²) in [7, 11) is 0. The Morgan fingerprint density at radius 3 is 2.89 bits per heavy atom. The SMILES string of the molecule is O=C(COC1CCNCC1)Cc1cccc(Cl)c1. The van der Waals surface area contributed by atoms with Crippen molar-refractivity contribution in [1.29, 1.82) is 0 Å². The smallest absolute Gasteiger partial charge is 0.162 e. The van der Waals surface area contributed by atoms with E-state index in [0.29, 0.717) is 11.4 Å². The molecule has 18 heavy (non-hydrogen) atoms. The summed E-state index contributed by atoms with van der Waals surface area (Å²) >= 11 is 5.88. The van der Waals surface area contributed by atoms with Crippen molar-refractivity contribution in [3.63, 3.8) is 0 Å². The summed E-state index contributed by atoms with van der Waals surface area (Å²) in [6, 6.07) is 7.40. The number of ether oxygens (including phenoxy) is 1. The lowest BCUT2D eigenvalue weighted by atomic mass is 10.1. The van der Waals surface area contributed by atoms with E-state index in [9.17, 15) is 4.79 Å². The van der Waals surface area contributed by atoms with Gasteiger partial charge < -0.3 is 10.1 Å². The van der Waals surface area contributed by atoms with Gasteiger partial charge in [-0.05, 0) is 43.6 Å². The van der Waals surface area contributed by atoms with E-state index in [4.69, 9.17) is 16.3 Å². The molecule has 1 saturated heterocycles. The Kier molecular flexibility index (Phi) is 5.17. The topological polar surface area (TPSA) is 38.3 Å². The number of piperidine rings is 1. The minimum atomic E-state index is 0.107. The molecule has 4 heteroatoms. The number of hydrogen-bond acceptors (Lipinski definition) is 3. The number of benzene rings is 1. The fourth-order valence-electron chi connectivity index (χ4n) is 2.10. The summed E-state index contributed by atoms with van der Waals surface area (Å²) in [5.41, 5.74) is 0.946. The standard InChI is InChI=1S/C14H18ClNO2/c15-12-3-1-2-11(8-12)9-13(17)10-18-14-4-6-16-7-5-14/h1-3,8,14,16H,4-7,9-10H2. The molecule has 1 heterocycles. The van der Waals surface area contributed by atoms with Crippen LogP contribution in [0.4, 0.5) is 0 Å². The second-order valence-electron chi connectivity index (χ2n) is 4.61. The van der Waals surface area contributed by atoms with Crippen LogP contribution < -0.4 is 5.32 Å². The predicted molar refractivity (Wildman–Crippen MR) is 72.0 cm³/mol. The minimum absolute atomic E-state index is 0.107. The van der Waals surface area contributed by atoms with Crippen molar-refractivity contribution in [2.45, 2.75) is 25.4 Å². The van der Waals surface area contributed by atoms with Crippen molar-refractivity contribution < 1.29 is 9.53 Å². The summed E-state index contributed by atoms with van der Waals surface area (Å²) < 4.78 is 5.62. The number of nitrogens with one attached hydrogen (secondary N) is 1. The summed E-state index contributed by atoms with van der Waals surface area (Å²) in [6.45, 7) is 2.16. The summed E-state index contributed by atoms with van der Waals surface area (Å²) in [6.07, 6.45) is 2.61. The molecule has 98 valence electrons. The van der Waals surface area contributed by atoms with Crippen LogP contribution in [0.3, 0.4) is 0 Å². The highest BCUT2D eigenvalue weighted by Gasteiger charge is 2.14. The van der Waals surface area contributed by atoms with Crippen molar-refractivity contribution >= 4 is 17.4 Å². The number of halogens is 1. The molecular weight excluding hydrogens is 250 g/mol. The normalized spacial score (nSPS) is 16.7. The first-order valence-electron chi connectivity index (χ1n) is 6.32. The number of carbonyl (C=O) groups is 1. The van der Waals surface area contributed by atoms with Crippen LogP contribution in [-0.4, -0.2) is 31.6 Å². The number of hydrogen-bond donors (Lipinski definition) is 1. The number of Topliss-reactive ketones (excluding diaryl/α,β-unsaturated/α-hetero) is 1. The van der Waals surface area contributed by atoms with E-state index in [0.717, 1.165) is 31.5 Å². The zero-order valence-electron chi connectivity index (χ0n) is 10.3. The van der Waals surface area contributed by atoms with Crippen molar-refractivity contribution in [2.24, 2.45) is 0 Å². The molecule has 0 bridgehead atoms. The number of ketones is 1. The van der Waals surface area contributed by atoms with Gasteiger partial charge in [0.05, 0.1) is 6.10 Å². The van der Waals surface area contributed by atoms with Gasteiger partial charge in [0.1, 0.15) is 6.61 Å². The van der Waals surface area contributed by atoms with Crippen LogP contribution in [-0.2, 0) is 16.0 Å². The van der Waals surface area contributed by atoms with Crippen LogP contribution in [0.1, 0.15) is 18.4 Å². The molecule has 0 saturated carbocycles. The number of carbonyl (C=O) groups excluding carboxylic acids is 1. The van der Waals surface area contributed by atoms with E-state index < -0.39 is 0 Å². The van der Waals surface area contributed by atoms with E-state index in [1.807, 2.05) is 18.2 Å². The van der Waals surface area contributed by atoms with Crippen molar-refractivity contribution in [3.05, 3.63) is 34.9 Å². The van der Waals surface area contributed by atoms with Gasteiger partial charge in [0, 0.05) is 11.4 Å². The molecule has 0 spiro atoms. The van der Waals surface area contributed by atoms with Gasteiger partial charge in [-0.2, -0.15) is 0 Å². The van der Waals surface area contributed by atoms with E-state index in [2.05, 4.69) is 5.32 Å². The first-order chi connectivity index (χ1) is 8.74.